The summed E-state index contributed by atoms with van der Waals surface area (Å²) in [6.07, 6.45) is 4.90. The molecule has 0 aromatic carbocycles. The van der Waals surface area contributed by atoms with Crippen molar-refractivity contribution in [1.82, 2.24) is 14.7 Å². The van der Waals surface area contributed by atoms with Gasteiger partial charge < -0.3 is 14.4 Å². The third kappa shape index (κ3) is 4.42. The number of nitrogens with zero attached hydrogens (tertiary/aromatic N) is 3. The minimum Gasteiger partial charge on any atom is -0.444 e. The summed E-state index contributed by atoms with van der Waals surface area (Å²) < 4.78 is 8.27. The molecule has 6 nitrogen and oxygen atoms in total. The van der Waals surface area contributed by atoms with Crippen LogP contribution in [-0.2, 0) is 16.1 Å². The summed E-state index contributed by atoms with van der Waals surface area (Å²) in [5.74, 6) is -0.128. The van der Waals surface area contributed by atoms with Crippen LogP contribution in [0.5, 0.6) is 0 Å². The molecule has 0 bridgehead atoms. The Morgan fingerprint density at radius 1 is 1.57 bits per heavy atom. The van der Waals surface area contributed by atoms with Gasteiger partial charge in [0.2, 0.25) is 0 Å². The van der Waals surface area contributed by atoms with Gasteiger partial charge in [0.1, 0.15) is 11.9 Å². The largest absolute Gasteiger partial charge is 0.444 e. The first-order chi connectivity index (χ1) is 9.78. The number of amides is 1. The third-order valence-corrected chi connectivity index (χ3v) is 3.82. The number of carbonyl (C=O) groups is 2. The molecule has 0 spiro atoms. The van der Waals surface area contributed by atoms with Crippen LogP contribution >= 0.6 is 22.6 Å². The number of rotatable bonds is 3. The van der Waals surface area contributed by atoms with Crippen molar-refractivity contribution in [2.45, 2.75) is 45.4 Å². The Bertz CT molecular complexity index is 524. The van der Waals surface area contributed by atoms with Crippen LogP contribution in [-0.4, -0.2) is 45.2 Å². The topological polar surface area (TPSA) is 64.4 Å². The van der Waals surface area contributed by atoms with Crippen LogP contribution in [0.15, 0.2) is 12.4 Å². The van der Waals surface area contributed by atoms with E-state index in [1.165, 1.54) is 0 Å². The fourth-order valence-corrected chi connectivity index (χ4v) is 2.87. The molecule has 0 radical (unpaired) electrons. The van der Waals surface area contributed by atoms with E-state index in [9.17, 15) is 9.59 Å². The van der Waals surface area contributed by atoms with E-state index in [0.29, 0.717) is 19.5 Å². The fraction of sp³-hybridized carbons (Fsp3) is 0.643. The van der Waals surface area contributed by atoms with E-state index >= 15 is 0 Å². The number of likely N-dealkylation sites (tertiary alicyclic amines) is 1. The van der Waals surface area contributed by atoms with Crippen molar-refractivity contribution < 1.29 is 14.3 Å². The van der Waals surface area contributed by atoms with Crippen LogP contribution in [0.3, 0.4) is 0 Å². The number of aromatic nitrogens is 2. The molecule has 0 N–H and O–H groups in total. The number of aldehydes is 1. The van der Waals surface area contributed by atoms with Crippen LogP contribution in [0.25, 0.3) is 0 Å². The van der Waals surface area contributed by atoms with Gasteiger partial charge in [0, 0.05) is 18.7 Å². The fourth-order valence-electron chi connectivity index (χ4n) is 2.42. The predicted molar refractivity (Wildman–Crippen MR) is 85.8 cm³/mol. The van der Waals surface area contributed by atoms with Crippen molar-refractivity contribution in [1.29, 1.82) is 0 Å². The first-order valence-electron chi connectivity index (χ1n) is 6.91. The van der Waals surface area contributed by atoms with Crippen molar-refractivity contribution in [2.75, 3.05) is 6.54 Å². The molecule has 1 unspecified atom stereocenters. The highest BCUT2D eigenvalue weighted by Gasteiger charge is 2.37. The van der Waals surface area contributed by atoms with E-state index in [-0.39, 0.29) is 18.1 Å². The standard InChI is InChI=1S/C14H20IN3O3/c1-14(2,3)21-13(20)18-6-10(9-19)4-12(18)8-17-7-11(15)5-16-17/h5,7,9-10,12H,4,6,8H2,1-3H3/t10?,12-/m0/s1. The van der Waals surface area contributed by atoms with Gasteiger partial charge in [-0.3, -0.25) is 4.68 Å². The second kappa shape index (κ2) is 6.33. The van der Waals surface area contributed by atoms with Crippen LogP contribution in [0, 0.1) is 9.49 Å². The maximum Gasteiger partial charge on any atom is 0.410 e. The van der Waals surface area contributed by atoms with Crippen LogP contribution in [0.2, 0.25) is 0 Å². The minimum absolute atomic E-state index is 0.0641. The lowest BCUT2D eigenvalue weighted by Crippen LogP contribution is -2.41. The maximum absolute atomic E-state index is 12.3. The summed E-state index contributed by atoms with van der Waals surface area (Å²) in [5.41, 5.74) is -0.540. The molecule has 1 saturated heterocycles. The zero-order valence-electron chi connectivity index (χ0n) is 12.5. The Labute approximate surface area is 138 Å². The summed E-state index contributed by atoms with van der Waals surface area (Å²) in [6, 6.07) is -0.0641. The van der Waals surface area contributed by atoms with E-state index < -0.39 is 5.60 Å². The molecule has 21 heavy (non-hydrogen) atoms. The SMILES string of the molecule is CC(C)(C)OC(=O)N1CC(C=O)C[C@H]1Cn1cc(I)cn1. The lowest BCUT2D eigenvalue weighted by molar-refractivity contribution is -0.110. The quantitative estimate of drug-likeness (QED) is 0.572. The van der Waals surface area contributed by atoms with Crippen molar-refractivity contribution in [3.05, 3.63) is 16.0 Å². The smallest absolute Gasteiger partial charge is 0.410 e. The van der Waals surface area contributed by atoms with E-state index in [0.717, 1.165) is 9.86 Å². The number of hydrogen-bond acceptors (Lipinski definition) is 4. The molecular formula is C14H20IN3O3. The first-order valence-corrected chi connectivity index (χ1v) is 7.99. The molecule has 1 fully saturated rings. The zero-order valence-corrected chi connectivity index (χ0v) is 14.6. The monoisotopic (exact) mass is 405 g/mol. The summed E-state index contributed by atoms with van der Waals surface area (Å²) in [4.78, 5) is 25.0. The van der Waals surface area contributed by atoms with E-state index in [2.05, 4.69) is 27.7 Å². The van der Waals surface area contributed by atoms with Crippen molar-refractivity contribution in [3.8, 4) is 0 Å². The van der Waals surface area contributed by atoms with Gasteiger partial charge in [-0.05, 0) is 49.8 Å². The Morgan fingerprint density at radius 2 is 2.29 bits per heavy atom. The molecule has 116 valence electrons. The lowest BCUT2D eigenvalue weighted by atomic mass is 10.1. The first kappa shape index (κ1) is 16.3. The Balaban J connectivity index is 2.09. The van der Waals surface area contributed by atoms with Crippen LogP contribution in [0.1, 0.15) is 27.2 Å². The van der Waals surface area contributed by atoms with Gasteiger partial charge in [-0.25, -0.2) is 4.79 Å². The average Bonchev–Trinajstić information content (AvgIpc) is 2.94. The van der Waals surface area contributed by atoms with E-state index in [1.54, 1.807) is 15.8 Å². The molecule has 1 aliphatic rings. The number of ether oxygens (including phenoxy) is 1. The van der Waals surface area contributed by atoms with Gasteiger partial charge in [0.05, 0.1) is 22.4 Å². The predicted octanol–water partition coefficient (Wildman–Crippen LogP) is 2.31. The number of carbonyl (C=O) groups excluding carboxylic acids is 2. The summed E-state index contributed by atoms with van der Waals surface area (Å²) in [7, 11) is 0. The molecule has 2 rings (SSSR count). The van der Waals surface area contributed by atoms with Gasteiger partial charge in [0.15, 0.2) is 0 Å². The highest BCUT2D eigenvalue weighted by atomic mass is 127. The van der Waals surface area contributed by atoms with Crippen LogP contribution < -0.4 is 0 Å². The van der Waals surface area contributed by atoms with Gasteiger partial charge in [-0.1, -0.05) is 0 Å². The van der Waals surface area contributed by atoms with Gasteiger partial charge in [-0.2, -0.15) is 5.10 Å². The molecule has 0 aliphatic carbocycles. The van der Waals surface area contributed by atoms with Gasteiger partial charge >= 0.3 is 6.09 Å². The Morgan fingerprint density at radius 3 is 2.81 bits per heavy atom. The molecule has 1 aliphatic heterocycles. The maximum atomic E-state index is 12.3. The highest BCUT2D eigenvalue weighted by molar-refractivity contribution is 14.1. The van der Waals surface area contributed by atoms with Gasteiger partial charge in [-0.15, -0.1) is 0 Å². The van der Waals surface area contributed by atoms with Crippen molar-refractivity contribution in [3.63, 3.8) is 0 Å². The molecule has 2 heterocycles. The minimum atomic E-state index is -0.540. The molecule has 2 atom stereocenters. The summed E-state index contributed by atoms with van der Waals surface area (Å²) in [6.45, 7) is 6.50. The second-order valence-electron chi connectivity index (χ2n) is 6.30. The number of hydrogen-bond donors (Lipinski definition) is 0. The van der Waals surface area contributed by atoms with Crippen LogP contribution in [0.4, 0.5) is 4.79 Å². The van der Waals surface area contributed by atoms with Gasteiger partial charge in [0.25, 0.3) is 0 Å². The van der Waals surface area contributed by atoms with E-state index in [1.807, 2.05) is 27.0 Å². The summed E-state index contributed by atoms with van der Waals surface area (Å²) >= 11 is 2.19. The molecule has 0 saturated carbocycles. The average molecular weight is 405 g/mol. The third-order valence-electron chi connectivity index (χ3n) is 3.27. The van der Waals surface area contributed by atoms with E-state index in [4.69, 9.17) is 4.74 Å². The normalized spacial score (nSPS) is 22.4. The molecule has 1 amide bonds. The number of halogens is 1. The lowest BCUT2D eigenvalue weighted by Gasteiger charge is -2.28. The molecule has 1 aromatic heterocycles. The Kier molecular flexibility index (Phi) is 4.90. The van der Waals surface area contributed by atoms with Crippen molar-refractivity contribution >= 4 is 35.0 Å². The second-order valence-corrected chi connectivity index (χ2v) is 7.54. The molecule has 1 aromatic rings. The zero-order chi connectivity index (χ0) is 15.6. The molecular weight excluding hydrogens is 385 g/mol. The highest BCUT2D eigenvalue weighted by Crippen LogP contribution is 2.25. The summed E-state index contributed by atoms with van der Waals surface area (Å²) in [5, 5.41) is 4.24. The Hall–Kier alpha value is -1.12. The van der Waals surface area contributed by atoms with Crippen molar-refractivity contribution in [2.24, 2.45) is 5.92 Å². The molecule has 7 heteroatoms.